The molecule has 1 amide bonds. The van der Waals surface area contributed by atoms with Crippen LogP contribution in [-0.4, -0.2) is 32.0 Å². The molecule has 1 saturated carbocycles. The molecule has 0 unspecified atom stereocenters. The van der Waals surface area contributed by atoms with Crippen molar-refractivity contribution in [2.45, 2.75) is 49.1 Å². The fourth-order valence-corrected chi connectivity index (χ4v) is 3.56. The van der Waals surface area contributed by atoms with Crippen LogP contribution in [0.3, 0.4) is 0 Å². The van der Waals surface area contributed by atoms with E-state index in [1.165, 1.54) is 37.0 Å². The van der Waals surface area contributed by atoms with Crippen molar-refractivity contribution in [3.63, 3.8) is 0 Å². The molecule has 1 aliphatic carbocycles. The lowest BCUT2D eigenvalue weighted by atomic mass is 10.2. The maximum Gasteiger partial charge on any atom is 0.233 e. The lowest BCUT2D eigenvalue weighted by molar-refractivity contribution is -0.120. The third-order valence-corrected chi connectivity index (χ3v) is 5.04. The van der Waals surface area contributed by atoms with Crippen molar-refractivity contribution in [2.24, 2.45) is 0 Å². The van der Waals surface area contributed by atoms with Gasteiger partial charge in [-0.1, -0.05) is 36.7 Å². The summed E-state index contributed by atoms with van der Waals surface area (Å²) < 4.78 is 15.5. The molecule has 7 heteroatoms. The number of carbonyl (C=O) groups excluding carboxylic acids is 1. The van der Waals surface area contributed by atoms with Gasteiger partial charge in [-0.3, -0.25) is 9.36 Å². The molecule has 2 aromatic rings. The normalized spacial score (nSPS) is 16.4. The monoisotopic (exact) mass is 334 g/mol. The summed E-state index contributed by atoms with van der Waals surface area (Å²) in [5.41, 5.74) is 0.378. The molecule has 1 aliphatic rings. The van der Waals surface area contributed by atoms with Gasteiger partial charge in [0.05, 0.1) is 10.9 Å². The predicted molar refractivity (Wildman–Crippen MR) is 87.0 cm³/mol. The number of nitrogens with zero attached hydrogens (tertiary/aromatic N) is 3. The van der Waals surface area contributed by atoms with Crippen molar-refractivity contribution in [3.8, 4) is 5.69 Å². The first-order chi connectivity index (χ1) is 11.1. The quantitative estimate of drug-likeness (QED) is 0.854. The van der Waals surface area contributed by atoms with E-state index in [9.17, 15) is 9.18 Å². The molecule has 23 heavy (non-hydrogen) atoms. The molecular formula is C16H19FN4OS. The molecule has 0 saturated heterocycles. The number of nitrogens with one attached hydrogen (secondary N) is 1. The van der Waals surface area contributed by atoms with Gasteiger partial charge in [-0.2, -0.15) is 0 Å². The Morgan fingerprint density at radius 2 is 2.13 bits per heavy atom. The zero-order chi connectivity index (χ0) is 16.2. The third kappa shape index (κ3) is 3.72. The number of halogens is 1. The number of amides is 1. The largest absolute Gasteiger partial charge is 0.352 e. The first kappa shape index (κ1) is 16.0. The van der Waals surface area contributed by atoms with Crippen LogP contribution in [-0.2, 0) is 4.79 Å². The smallest absolute Gasteiger partial charge is 0.233 e. The van der Waals surface area contributed by atoms with E-state index in [0.717, 1.165) is 12.8 Å². The van der Waals surface area contributed by atoms with E-state index in [-0.39, 0.29) is 23.0 Å². The molecule has 0 aliphatic heterocycles. The van der Waals surface area contributed by atoms with Crippen molar-refractivity contribution < 1.29 is 9.18 Å². The van der Waals surface area contributed by atoms with E-state index in [4.69, 9.17) is 0 Å². The van der Waals surface area contributed by atoms with E-state index in [1.807, 2.05) is 6.92 Å². The maximum absolute atomic E-state index is 13.9. The lowest BCUT2D eigenvalue weighted by Crippen LogP contribution is -2.37. The van der Waals surface area contributed by atoms with Crippen molar-refractivity contribution in [3.05, 3.63) is 36.4 Å². The zero-order valence-corrected chi connectivity index (χ0v) is 13.7. The van der Waals surface area contributed by atoms with Gasteiger partial charge in [0.2, 0.25) is 5.91 Å². The van der Waals surface area contributed by atoms with Crippen LogP contribution in [0.1, 0.15) is 32.6 Å². The fourth-order valence-electron chi connectivity index (χ4n) is 2.72. The second-order valence-electron chi connectivity index (χ2n) is 5.68. The molecule has 1 heterocycles. The fraction of sp³-hybridized carbons (Fsp3) is 0.438. The van der Waals surface area contributed by atoms with Crippen LogP contribution in [0.25, 0.3) is 5.69 Å². The molecule has 1 aromatic heterocycles. The Kier molecular flexibility index (Phi) is 4.95. The molecule has 5 nitrogen and oxygen atoms in total. The van der Waals surface area contributed by atoms with Gasteiger partial charge in [0.15, 0.2) is 5.16 Å². The second kappa shape index (κ2) is 7.12. The standard InChI is InChI=1S/C16H19FN4OS/c1-11(15(22)19-12-6-2-3-7-12)23-16-20-18-10-21(16)14-9-5-4-8-13(14)17/h4-5,8-12H,2-3,6-7H2,1H3,(H,19,22)/t11-/m1/s1. The summed E-state index contributed by atoms with van der Waals surface area (Å²) >= 11 is 1.28. The number of benzene rings is 1. The first-order valence-electron chi connectivity index (χ1n) is 7.77. The topological polar surface area (TPSA) is 59.8 Å². The van der Waals surface area contributed by atoms with Crippen molar-refractivity contribution >= 4 is 17.7 Å². The SMILES string of the molecule is C[C@@H](Sc1nncn1-c1ccccc1F)C(=O)NC1CCCC1. The van der Waals surface area contributed by atoms with Crippen LogP contribution in [0.5, 0.6) is 0 Å². The summed E-state index contributed by atoms with van der Waals surface area (Å²) in [5, 5.41) is 11.1. The minimum Gasteiger partial charge on any atom is -0.352 e. The Morgan fingerprint density at radius 1 is 1.39 bits per heavy atom. The van der Waals surface area contributed by atoms with Gasteiger partial charge in [0.1, 0.15) is 12.1 Å². The summed E-state index contributed by atoms with van der Waals surface area (Å²) in [6.45, 7) is 1.83. The number of hydrogen-bond donors (Lipinski definition) is 1. The molecule has 1 aromatic carbocycles. The minimum absolute atomic E-state index is 0.00927. The highest BCUT2D eigenvalue weighted by Crippen LogP contribution is 2.26. The highest BCUT2D eigenvalue weighted by atomic mass is 32.2. The summed E-state index contributed by atoms with van der Waals surface area (Å²) in [5.74, 6) is -0.359. The average Bonchev–Trinajstić information content (AvgIpc) is 3.19. The van der Waals surface area contributed by atoms with E-state index in [0.29, 0.717) is 10.8 Å². The Hall–Kier alpha value is -1.89. The van der Waals surface area contributed by atoms with Gasteiger partial charge in [0, 0.05) is 6.04 Å². The predicted octanol–water partition coefficient (Wildman–Crippen LogP) is 2.95. The second-order valence-corrected chi connectivity index (χ2v) is 6.99. The van der Waals surface area contributed by atoms with Crippen LogP contribution >= 0.6 is 11.8 Å². The van der Waals surface area contributed by atoms with Gasteiger partial charge in [-0.15, -0.1) is 10.2 Å². The number of para-hydroxylation sites is 1. The van der Waals surface area contributed by atoms with Crippen LogP contribution < -0.4 is 5.32 Å². The molecule has 3 rings (SSSR count). The van der Waals surface area contributed by atoms with Gasteiger partial charge in [-0.25, -0.2) is 4.39 Å². The Labute approximate surface area is 138 Å². The highest BCUT2D eigenvalue weighted by Gasteiger charge is 2.23. The number of hydrogen-bond acceptors (Lipinski definition) is 4. The Balaban J connectivity index is 1.70. The van der Waals surface area contributed by atoms with Crippen LogP contribution in [0, 0.1) is 5.82 Å². The molecule has 1 fully saturated rings. The summed E-state index contributed by atoms with van der Waals surface area (Å²) in [6.07, 6.45) is 5.91. The van der Waals surface area contributed by atoms with Crippen LogP contribution in [0.2, 0.25) is 0 Å². The van der Waals surface area contributed by atoms with E-state index in [1.54, 1.807) is 22.8 Å². The number of aromatic nitrogens is 3. The van der Waals surface area contributed by atoms with Crippen molar-refractivity contribution in [2.75, 3.05) is 0 Å². The van der Waals surface area contributed by atoms with Gasteiger partial charge < -0.3 is 5.32 Å². The molecule has 0 bridgehead atoms. The van der Waals surface area contributed by atoms with Crippen LogP contribution in [0.15, 0.2) is 35.7 Å². The Morgan fingerprint density at radius 3 is 2.87 bits per heavy atom. The third-order valence-electron chi connectivity index (χ3n) is 3.98. The highest BCUT2D eigenvalue weighted by molar-refractivity contribution is 8.00. The van der Waals surface area contributed by atoms with Gasteiger partial charge in [-0.05, 0) is 31.9 Å². The Bertz CT molecular complexity index is 684. The molecular weight excluding hydrogens is 315 g/mol. The van der Waals surface area contributed by atoms with Crippen molar-refractivity contribution in [1.29, 1.82) is 0 Å². The lowest BCUT2D eigenvalue weighted by Gasteiger charge is -2.16. The summed E-state index contributed by atoms with van der Waals surface area (Å²) in [6, 6.07) is 6.72. The number of thioether (sulfide) groups is 1. The molecule has 122 valence electrons. The molecule has 0 radical (unpaired) electrons. The van der Waals surface area contributed by atoms with Gasteiger partial charge in [0.25, 0.3) is 0 Å². The first-order valence-corrected chi connectivity index (χ1v) is 8.65. The summed E-state index contributed by atoms with van der Waals surface area (Å²) in [4.78, 5) is 12.3. The van der Waals surface area contributed by atoms with Crippen LogP contribution in [0.4, 0.5) is 4.39 Å². The minimum atomic E-state index is -0.350. The number of rotatable bonds is 5. The zero-order valence-electron chi connectivity index (χ0n) is 12.9. The number of carbonyl (C=O) groups is 1. The average molecular weight is 334 g/mol. The maximum atomic E-state index is 13.9. The van der Waals surface area contributed by atoms with Gasteiger partial charge >= 0.3 is 0 Å². The van der Waals surface area contributed by atoms with E-state index >= 15 is 0 Å². The van der Waals surface area contributed by atoms with E-state index < -0.39 is 0 Å². The van der Waals surface area contributed by atoms with Crippen molar-refractivity contribution in [1.82, 2.24) is 20.1 Å². The molecule has 1 atom stereocenters. The molecule has 1 N–H and O–H groups in total. The summed E-state index contributed by atoms with van der Waals surface area (Å²) in [7, 11) is 0. The van der Waals surface area contributed by atoms with E-state index in [2.05, 4.69) is 15.5 Å². The molecule has 0 spiro atoms.